The minimum atomic E-state index is -0.432. The highest BCUT2D eigenvalue weighted by Crippen LogP contribution is 2.27. The van der Waals surface area contributed by atoms with E-state index in [0.29, 0.717) is 22.3 Å². The first kappa shape index (κ1) is 13.3. The number of halogens is 1. The van der Waals surface area contributed by atoms with Crippen LogP contribution >= 0.6 is 0 Å². The Labute approximate surface area is 120 Å². The number of hydrogen-bond donors (Lipinski definition) is 0. The van der Waals surface area contributed by atoms with Gasteiger partial charge in [-0.25, -0.2) is 13.7 Å². The van der Waals surface area contributed by atoms with E-state index in [1.807, 2.05) is 12.1 Å². The summed E-state index contributed by atoms with van der Waals surface area (Å²) in [6, 6.07) is 11.3. The van der Waals surface area contributed by atoms with Crippen molar-refractivity contribution in [2.24, 2.45) is 0 Å². The van der Waals surface area contributed by atoms with Gasteiger partial charge in [0.2, 0.25) is 0 Å². The normalized spacial score (nSPS) is 10.8. The minimum Gasteiger partial charge on any atom is -0.462 e. The Bertz CT molecular complexity index is 794. The van der Waals surface area contributed by atoms with E-state index in [9.17, 15) is 9.18 Å². The molecule has 0 radical (unpaired) electrons. The van der Waals surface area contributed by atoms with Gasteiger partial charge in [0.1, 0.15) is 17.1 Å². The van der Waals surface area contributed by atoms with Crippen LogP contribution in [0.1, 0.15) is 17.3 Å². The topological polar surface area (TPSA) is 43.6 Å². The molecule has 1 aromatic carbocycles. The quantitative estimate of drug-likeness (QED) is 0.693. The first-order valence-electron chi connectivity index (χ1n) is 6.61. The molecule has 0 unspecified atom stereocenters. The Morgan fingerprint density at radius 3 is 2.71 bits per heavy atom. The smallest absolute Gasteiger partial charge is 0.342 e. The monoisotopic (exact) mass is 284 g/mol. The summed E-state index contributed by atoms with van der Waals surface area (Å²) in [6.45, 7) is 2.03. The average Bonchev–Trinajstić information content (AvgIpc) is 2.87. The third-order valence-corrected chi connectivity index (χ3v) is 3.14. The number of pyridine rings is 1. The van der Waals surface area contributed by atoms with Crippen molar-refractivity contribution >= 4 is 11.5 Å². The predicted octanol–water partition coefficient (Wildman–Crippen LogP) is 3.32. The number of nitrogens with zero attached hydrogens (tertiary/aromatic N) is 2. The van der Waals surface area contributed by atoms with Gasteiger partial charge in [0, 0.05) is 11.8 Å². The number of aromatic nitrogens is 2. The second kappa shape index (κ2) is 5.36. The summed E-state index contributed by atoms with van der Waals surface area (Å²) < 4.78 is 19.8. The summed E-state index contributed by atoms with van der Waals surface area (Å²) in [5.41, 5.74) is 2.21. The Kier molecular flexibility index (Phi) is 3.39. The summed E-state index contributed by atoms with van der Waals surface area (Å²) in [5.74, 6) is -0.766. The number of esters is 1. The van der Waals surface area contributed by atoms with Gasteiger partial charge >= 0.3 is 5.97 Å². The third-order valence-electron chi connectivity index (χ3n) is 3.14. The molecule has 0 aliphatic rings. The summed E-state index contributed by atoms with van der Waals surface area (Å²) in [5, 5.41) is 4.41. The van der Waals surface area contributed by atoms with Gasteiger partial charge in [-0.05, 0) is 43.3 Å². The Balaban J connectivity index is 2.23. The first-order valence-corrected chi connectivity index (χ1v) is 6.61. The Hall–Kier alpha value is -2.69. The van der Waals surface area contributed by atoms with Crippen molar-refractivity contribution in [2.75, 3.05) is 6.61 Å². The molecule has 3 rings (SSSR count). The number of rotatable bonds is 3. The Morgan fingerprint density at radius 1 is 1.24 bits per heavy atom. The number of benzene rings is 1. The van der Waals surface area contributed by atoms with Crippen LogP contribution in [0.5, 0.6) is 0 Å². The molecular weight excluding hydrogens is 271 g/mol. The molecule has 2 heterocycles. The second-order valence-corrected chi connectivity index (χ2v) is 4.48. The van der Waals surface area contributed by atoms with Crippen molar-refractivity contribution in [3.8, 4) is 11.3 Å². The summed E-state index contributed by atoms with van der Waals surface area (Å²) >= 11 is 0. The molecule has 106 valence electrons. The molecule has 5 heteroatoms. The number of hydrogen-bond acceptors (Lipinski definition) is 3. The first-order chi connectivity index (χ1) is 10.2. The molecule has 0 saturated heterocycles. The molecule has 3 aromatic rings. The standard InChI is InChI=1S/C16H13FN2O2/c1-2-21-16(20)14-13-5-3-4-10-19(13)18-15(14)11-6-8-12(17)9-7-11/h3-10H,2H2,1H3. The molecule has 2 aromatic heterocycles. The molecule has 0 N–H and O–H groups in total. The van der Waals surface area contributed by atoms with Crippen LogP contribution in [-0.4, -0.2) is 22.2 Å². The van der Waals surface area contributed by atoms with Crippen molar-refractivity contribution in [1.82, 2.24) is 9.61 Å². The highest BCUT2D eigenvalue weighted by atomic mass is 19.1. The lowest BCUT2D eigenvalue weighted by Gasteiger charge is -2.03. The van der Waals surface area contributed by atoms with Crippen LogP contribution in [0.2, 0.25) is 0 Å². The number of fused-ring (bicyclic) bond motifs is 1. The average molecular weight is 284 g/mol. The molecule has 0 saturated carbocycles. The van der Waals surface area contributed by atoms with E-state index in [0.717, 1.165) is 0 Å². The molecule has 4 nitrogen and oxygen atoms in total. The van der Waals surface area contributed by atoms with E-state index in [-0.39, 0.29) is 12.4 Å². The van der Waals surface area contributed by atoms with Gasteiger partial charge in [-0.1, -0.05) is 6.07 Å². The van der Waals surface area contributed by atoms with Crippen LogP contribution in [0.4, 0.5) is 4.39 Å². The van der Waals surface area contributed by atoms with Crippen molar-refractivity contribution < 1.29 is 13.9 Å². The fourth-order valence-electron chi connectivity index (χ4n) is 2.21. The highest BCUT2D eigenvalue weighted by Gasteiger charge is 2.21. The summed E-state index contributed by atoms with van der Waals surface area (Å²) in [7, 11) is 0. The van der Waals surface area contributed by atoms with Crippen LogP contribution in [0.15, 0.2) is 48.7 Å². The largest absolute Gasteiger partial charge is 0.462 e. The van der Waals surface area contributed by atoms with Crippen LogP contribution in [0.25, 0.3) is 16.8 Å². The maximum atomic E-state index is 13.1. The lowest BCUT2D eigenvalue weighted by molar-refractivity contribution is 0.0529. The van der Waals surface area contributed by atoms with Crippen molar-refractivity contribution in [1.29, 1.82) is 0 Å². The van der Waals surface area contributed by atoms with Gasteiger partial charge in [-0.3, -0.25) is 0 Å². The van der Waals surface area contributed by atoms with E-state index in [1.165, 1.54) is 12.1 Å². The zero-order chi connectivity index (χ0) is 14.8. The fourth-order valence-corrected chi connectivity index (χ4v) is 2.21. The van der Waals surface area contributed by atoms with Crippen molar-refractivity contribution in [2.45, 2.75) is 6.92 Å². The number of carbonyl (C=O) groups is 1. The number of ether oxygens (including phenoxy) is 1. The highest BCUT2D eigenvalue weighted by molar-refractivity contribution is 6.03. The second-order valence-electron chi connectivity index (χ2n) is 4.48. The molecular formula is C16H13FN2O2. The SMILES string of the molecule is CCOC(=O)c1c(-c2ccc(F)cc2)nn2ccccc12. The number of carbonyl (C=O) groups excluding carboxylic acids is 1. The molecule has 0 amide bonds. The van der Waals surface area contributed by atoms with Crippen LogP contribution in [-0.2, 0) is 4.74 Å². The maximum absolute atomic E-state index is 13.1. The van der Waals surface area contributed by atoms with Gasteiger partial charge in [0.25, 0.3) is 0 Å². The fraction of sp³-hybridized carbons (Fsp3) is 0.125. The van der Waals surface area contributed by atoms with E-state index in [2.05, 4.69) is 5.10 Å². The van der Waals surface area contributed by atoms with Gasteiger partial charge in [0.05, 0.1) is 12.1 Å². The third kappa shape index (κ3) is 2.38. The van der Waals surface area contributed by atoms with Crippen molar-refractivity contribution in [3.63, 3.8) is 0 Å². The summed E-state index contributed by atoms with van der Waals surface area (Å²) in [4.78, 5) is 12.2. The molecule has 21 heavy (non-hydrogen) atoms. The summed E-state index contributed by atoms with van der Waals surface area (Å²) in [6.07, 6.45) is 1.76. The van der Waals surface area contributed by atoms with E-state index >= 15 is 0 Å². The molecule has 0 bridgehead atoms. The van der Waals surface area contributed by atoms with Crippen LogP contribution in [0, 0.1) is 5.82 Å². The Morgan fingerprint density at radius 2 is 2.00 bits per heavy atom. The predicted molar refractivity (Wildman–Crippen MR) is 76.5 cm³/mol. The van der Waals surface area contributed by atoms with E-state index in [4.69, 9.17) is 4.74 Å². The zero-order valence-electron chi connectivity index (χ0n) is 11.4. The lowest BCUT2D eigenvalue weighted by atomic mass is 10.1. The van der Waals surface area contributed by atoms with Gasteiger partial charge < -0.3 is 4.74 Å². The molecule has 0 fully saturated rings. The van der Waals surface area contributed by atoms with E-state index < -0.39 is 5.97 Å². The van der Waals surface area contributed by atoms with Gasteiger partial charge in [0.15, 0.2) is 0 Å². The lowest BCUT2D eigenvalue weighted by Crippen LogP contribution is -2.05. The minimum absolute atomic E-state index is 0.284. The zero-order valence-corrected chi connectivity index (χ0v) is 11.4. The van der Waals surface area contributed by atoms with E-state index in [1.54, 1.807) is 35.8 Å². The molecule has 0 aliphatic heterocycles. The molecule has 0 spiro atoms. The van der Waals surface area contributed by atoms with Gasteiger partial charge in [-0.15, -0.1) is 0 Å². The maximum Gasteiger partial charge on any atom is 0.342 e. The van der Waals surface area contributed by atoms with Gasteiger partial charge in [-0.2, -0.15) is 5.10 Å². The molecule has 0 atom stereocenters. The van der Waals surface area contributed by atoms with Crippen LogP contribution < -0.4 is 0 Å². The van der Waals surface area contributed by atoms with Crippen LogP contribution in [0.3, 0.4) is 0 Å². The molecule has 0 aliphatic carbocycles. The van der Waals surface area contributed by atoms with Crippen molar-refractivity contribution in [3.05, 3.63) is 60.0 Å².